The Balaban J connectivity index is 1.64. The summed E-state index contributed by atoms with van der Waals surface area (Å²) in [5, 5.41) is 16.5. The van der Waals surface area contributed by atoms with Gasteiger partial charge in [0.05, 0.1) is 31.7 Å². The van der Waals surface area contributed by atoms with E-state index in [9.17, 15) is 4.79 Å². The molecule has 0 unspecified atom stereocenters. The van der Waals surface area contributed by atoms with E-state index >= 15 is 0 Å². The largest absolute Gasteiger partial charge is 0.497 e. The van der Waals surface area contributed by atoms with Crippen molar-refractivity contribution >= 4 is 11.6 Å². The molecule has 1 heterocycles. The van der Waals surface area contributed by atoms with Gasteiger partial charge in [-0.1, -0.05) is 42.5 Å². The highest BCUT2D eigenvalue weighted by Gasteiger charge is 2.18. The topological polar surface area (TPSA) is 79.9 Å². The number of ether oxygens (including phenoxy) is 1. The third-order valence-corrected chi connectivity index (χ3v) is 5.05. The molecule has 6 nitrogen and oxygen atoms in total. The highest BCUT2D eigenvalue weighted by atomic mass is 16.5. The summed E-state index contributed by atoms with van der Waals surface area (Å²) in [6.45, 7) is 0.556. The first-order valence-electron chi connectivity index (χ1n) is 10.2. The molecule has 0 aliphatic heterocycles. The number of hydrogen-bond donors (Lipinski definition) is 1. The highest BCUT2D eigenvalue weighted by Crippen LogP contribution is 2.26. The number of benzene rings is 3. The van der Waals surface area contributed by atoms with E-state index < -0.39 is 0 Å². The zero-order valence-electron chi connectivity index (χ0n) is 17.7. The molecule has 0 aliphatic rings. The summed E-state index contributed by atoms with van der Waals surface area (Å²) in [5.41, 5.74) is 4.56. The van der Waals surface area contributed by atoms with E-state index in [1.807, 2.05) is 66.7 Å². The molecule has 6 heteroatoms. The van der Waals surface area contributed by atoms with E-state index in [4.69, 9.17) is 15.1 Å². The van der Waals surface area contributed by atoms with Gasteiger partial charge < -0.3 is 10.1 Å². The third kappa shape index (κ3) is 4.85. The lowest BCUT2D eigenvalue weighted by molar-refractivity contribution is 0.102. The van der Waals surface area contributed by atoms with Gasteiger partial charge in [0.1, 0.15) is 11.4 Å². The van der Waals surface area contributed by atoms with Crippen LogP contribution in [0.25, 0.3) is 11.3 Å². The normalized spacial score (nSPS) is 10.4. The minimum absolute atomic E-state index is 0.247. The molecule has 0 aliphatic carbocycles. The van der Waals surface area contributed by atoms with Crippen LogP contribution < -0.4 is 10.1 Å². The molecule has 1 aromatic heterocycles. The van der Waals surface area contributed by atoms with Crippen molar-refractivity contribution in [3.8, 4) is 23.1 Å². The Kier molecular flexibility index (Phi) is 6.28. The van der Waals surface area contributed by atoms with Crippen LogP contribution in [0.2, 0.25) is 0 Å². The van der Waals surface area contributed by atoms with Crippen molar-refractivity contribution in [2.75, 3.05) is 12.4 Å². The minimum Gasteiger partial charge on any atom is -0.497 e. The number of hydrogen-bond acceptors (Lipinski definition) is 4. The lowest BCUT2D eigenvalue weighted by Gasteiger charge is -2.07. The second-order valence-corrected chi connectivity index (χ2v) is 7.29. The molecular formula is C26H22N4O2. The average Bonchev–Trinajstić information content (AvgIpc) is 3.25. The van der Waals surface area contributed by atoms with Crippen LogP contribution in [0.3, 0.4) is 0 Å². The van der Waals surface area contributed by atoms with Crippen molar-refractivity contribution in [3.05, 3.63) is 102 Å². The van der Waals surface area contributed by atoms with Crippen LogP contribution in [-0.4, -0.2) is 22.8 Å². The predicted octanol–water partition coefficient (Wildman–Crippen LogP) is 4.93. The SMILES string of the molecule is COc1ccc(-c2nn(Cc3ccccc3)cc2C(=O)Nc2ccc(CC#N)cc2)cc1. The summed E-state index contributed by atoms with van der Waals surface area (Å²) in [7, 11) is 1.62. The second kappa shape index (κ2) is 9.63. The third-order valence-electron chi connectivity index (χ3n) is 5.05. The lowest BCUT2D eigenvalue weighted by atomic mass is 10.1. The summed E-state index contributed by atoms with van der Waals surface area (Å²) in [6, 6.07) is 26.8. The van der Waals surface area contributed by atoms with Crippen molar-refractivity contribution in [3.63, 3.8) is 0 Å². The number of aromatic nitrogens is 2. The Bertz CT molecular complexity index is 1240. The Morgan fingerprint density at radius 2 is 1.72 bits per heavy atom. The quantitative estimate of drug-likeness (QED) is 0.458. The minimum atomic E-state index is -0.247. The van der Waals surface area contributed by atoms with Crippen LogP contribution in [0, 0.1) is 11.3 Å². The van der Waals surface area contributed by atoms with Gasteiger partial charge in [0.15, 0.2) is 0 Å². The first-order chi connectivity index (χ1) is 15.7. The van der Waals surface area contributed by atoms with E-state index in [1.54, 1.807) is 30.1 Å². The van der Waals surface area contributed by atoms with Gasteiger partial charge in [-0.05, 0) is 47.5 Å². The van der Waals surface area contributed by atoms with Crippen molar-refractivity contribution in [1.82, 2.24) is 9.78 Å². The van der Waals surface area contributed by atoms with Crippen molar-refractivity contribution < 1.29 is 9.53 Å². The van der Waals surface area contributed by atoms with Crippen LogP contribution >= 0.6 is 0 Å². The first kappa shape index (κ1) is 20.9. The van der Waals surface area contributed by atoms with Crippen molar-refractivity contribution in [1.29, 1.82) is 5.26 Å². The van der Waals surface area contributed by atoms with Crippen LogP contribution in [0.15, 0.2) is 85.1 Å². The molecule has 1 N–H and O–H groups in total. The number of amides is 1. The molecule has 0 saturated heterocycles. The maximum Gasteiger partial charge on any atom is 0.259 e. The van der Waals surface area contributed by atoms with Crippen LogP contribution in [0.5, 0.6) is 5.75 Å². The fourth-order valence-corrected chi connectivity index (χ4v) is 3.40. The van der Waals surface area contributed by atoms with Crippen LogP contribution in [0.1, 0.15) is 21.5 Å². The standard InChI is InChI=1S/C26H22N4O2/c1-32-23-13-9-21(10-14-23)25-24(18-30(29-25)17-20-5-3-2-4-6-20)26(31)28-22-11-7-19(8-12-22)15-16-27/h2-14,18H,15,17H2,1H3,(H,28,31). The van der Waals surface area contributed by atoms with Gasteiger partial charge in [0, 0.05) is 17.4 Å². The van der Waals surface area contributed by atoms with Crippen LogP contribution in [-0.2, 0) is 13.0 Å². The summed E-state index contributed by atoms with van der Waals surface area (Å²) in [4.78, 5) is 13.2. The van der Waals surface area contributed by atoms with E-state index in [0.717, 1.165) is 22.4 Å². The maximum absolute atomic E-state index is 13.2. The number of nitrogens with zero attached hydrogens (tertiary/aromatic N) is 3. The number of rotatable bonds is 7. The molecular weight excluding hydrogens is 400 g/mol. The van der Waals surface area contributed by atoms with Gasteiger partial charge in [-0.15, -0.1) is 0 Å². The van der Waals surface area contributed by atoms with E-state index in [2.05, 4.69) is 11.4 Å². The van der Waals surface area contributed by atoms with E-state index in [1.165, 1.54) is 0 Å². The van der Waals surface area contributed by atoms with Gasteiger partial charge >= 0.3 is 0 Å². The monoisotopic (exact) mass is 422 g/mol. The number of carbonyl (C=O) groups excluding carboxylic acids is 1. The van der Waals surface area contributed by atoms with Crippen LogP contribution in [0.4, 0.5) is 5.69 Å². The smallest absolute Gasteiger partial charge is 0.259 e. The van der Waals surface area contributed by atoms with Gasteiger partial charge in [0.2, 0.25) is 0 Å². The number of nitriles is 1. The molecule has 3 aromatic carbocycles. The zero-order chi connectivity index (χ0) is 22.3. The number of carbonyl (C=O) groups is 1. The van der Waals surface area contributed by atoms with E-state index in [0.29, 0.717) is 29.9 Å². The Hall–Kier alpha value is -4.37. The lowest BCUT2D eigenvalue weighted by Crippen LogP contribution is -2.12. The van der Waals surface area contributed by atoms with Gasteiger partial charge in [-0.25, -0.2) is 0 Å². The molecule has 0 spiro atoms. The van der Waals surface area contributed by atoms with Gasteiger partial charge in [-0.2, -0.15) is 10.4 Å². The van der Waals surface area contributed by atoms with Crippen molar-refractivity contribution in [2.24, 2.45) is 0 Å². The summed E-state index contributed by atoms with van der Waals surface area (Å²) >= 11 is 0. The first-order valence-corrected chi connectivity index (χ1v) is 10.2. The number of methoxy groups -OCH3 is 1. The highest BCUT2D eigenvalue weighted by molar-refractivity contribution is 6.08. The maximum atomic E-state index is 13.2. The fourth-order valence-electron chi connectivity index (χ4n) is 3.40. The van der Waals surface area contributed by atoms with E-state index in [-0.39, 0.29) is 5.91 Å². The average molecular weight is 422 g/mol. The predicted molar refractivity (Wildman–Crippen MR) is 123 cm³/mol. The molecule has 1 amide bonds. The Labute approximate surface area is 186 Å². The molecule has 158 valence electrons. The molecule has 32 heavy (non-hydrogen) atoms. The molecule has 4 aromatic rings. The Morgan fingerprint density at radius 1 is 1.00 bits per heavy atom. The van der Waals surface area contributed by atoms with Gasteiger partial charge in [0.25, 0.3) is 5.91 Å². The fraction of sp³-hybridized carbons (Fsp3) is 0.115. The molecule has 0 bridgehead atoms. The number of anilines is 1. The molecule has 0 saturated carbocycles. The zero-order valence-corrected chi connectivity index (χ0v) is 17.7. The molecule has 0 fully saturated rings. The molecule has 0 atom stereocenters. The summed E-state index contributed by atoms with van der Waals surface area (Å²) in [6.07, 6.45) is 2.11. The van der Waals surface area contributed by atoms with Crippen molar-refractivity contribution in [2.45, 2.75) is 13.0 Å². The molecule has 0 radical (unpaired) electrons. The van der Waals surface area contributed by atoms with Gasteiger partial charge in [-0.3, -0.25) is 9.48 Å². The number of nitrogens with one attached hydrogen (secondary N) is 1. The summed E-state index contributed by atoms with van der Waals surface area (Å²) in [5.74, 6) is 0.490. The second-order valence-electron chi connectivity index (χ2n) is 7.29. The Morgan fingerprint density at radius 3 is 2.38 bits per heavy atom. The summed E-state index contributed by atoms with van der Waals surface area (Å²) < 4.78 is 7.03. The molecule has 4 rings (SSSR count).